The Balaban J connectivity index is 1.24. The molecule has 2 aromatic rings. The lowest BCUT2D eigenvalue weighted by Crippen LogP contribution is -2.21. The standard InChI is InChI=1S/C23H23FN2O4/c24-18-5-4-17(25-23(28)15-3-6-20-21(9-15)30-12-29-20)11-19(18)26-22(27)10-16-8-13-1-2-14(16)7-13/h3-6,9,11,13-14,16H,1-2,7-8,10,12H2,(H,25,28)(H,26,27)/t13-,14-,16+/m0/s1. The summed E-state index contributed by atoms with van der Waals surface area (Å²) in [5.74, 6) is 1.84. The molecule has 156 valence electrons. The van der Waals surface area contributed by atoms with Gasteiger partial charge in [-0.1, -0.05) is 6.42 Å². The fraction of sp³-hybridized carbons (Fsp3) is 0.391. The molecule has 0 unspecified atom stereocenters. The predicted octanol–water partition coefficient (Wildman–Crippen LogP) is 4.57. The van der Waals surface area contributed by atoms with Crippen LogP contribution in [0, 0.1) is 23.6 Å². The number of anilines is 2. The highest BCUT2D eigenvalue weighted by molar-refractivity contribution is 6.05. The highest BCUT2D eigenvalue weighted by Gasteiger charge is 2.40. The minimum absolute atomic E-state index is 0.0756. The number of carbonyl (C=O) groups excluding carboxylic acids is 2. The first-order chi connectivity index (χ1) is 14.5. The molecule has 1 heterocycles. The van der Waals surface area contributed by atoms with Crippen molar-refractivity contribution in [2.24, 2.45) is 17.8 Å². The number of hydrogen-bond donors (Lipinski definition) is 2. The van der Waals surface area contributed by atoms with E-state index in [0.29, 0.717) is 41.0 Å². The van der Waals surface area contributed by atoms with Crippen LogP contribution in [0.15, 0.2) is 36.4 Å². The third-order valence-electron chi connectivity index (χ3n) is 6.47. The van der Waals surface area contributed by atoms with Crippen LogP contribution in [-0.2, 0) is 4.79 Å². The van der Waals surface area contributed by atoms with E-state index in [1.165, 1.54) is 37.5 Å². The zero-order chi connectivity index (χ0) is 20.7. The lowest BCUT2D eigenvalue weighted by atomic mass is 9.86. The third-order valence-corrected chi connectivity index (χ3v) is 6.47. The highest BCUT2D eigenvalue weighted by atomic mass is 19.1. The van der Waals surface area contributed by atoms with Crippen molar-refractivity contribution < 1.29 is 23.5 Å². The van der Waals surface area contributed by atoms with Gasteiger partial charge < -0.3 is 20.1 Å². The molecule has 7 heteroatoms. The zero-order valence-corrected chi connectivity index (χ0v) is 16.4. The number of hydrogen-bond acceptors (Lipinski definition) is 4. The van der Waals surface area contributed by atoms with Crippen molar-refractivity contribution in [3.8, 4) is 11.5 Å². The summed E-state index contributed by atoms with van der Waals surface area (Å²) >= 11 is 0. The molecule has 3 aliphatic rings. The number of nitrogens with one attached hydrogen (secondary N) is 2. The van der Waals surface area contributed by atoms with E-state index >= 15 is 0 Å². The van der Waals surface area contributed by atoms with Gasteiger partial charge in [-0.05, 0) is 73.4 Å². The summed E-state index contributed by atoms with van der Waals surface area (Å²) < 4.78 is 24.8. The van der Waals surface area contributed by atoms with E-state index in [1.807, 2.05) is 0 Å². The third kappa shape index (κ3) is 3.72. The number of benzene rings is 2. The molecule has 0 aromatic heterocycles. The Kier molecular flexibility index (Phi) is 4.81. The summed E-state index contributed by atoms with van der Waals surface area (Å²) in [6.07, 6.45) is 5.25. The maximum absolute atomic E-state index is 14.2. The molecular weight excluding hydrogens is 387 g/mol. The van der Waals surface area contributed by atoms with E-state index in [0.717, 1.165) is 12.3 Å². The zero-order valence-electron chi connectivity index (χ0n) is 16.4. The molecule has 2 N–H and O–H groups in total. The van der Waals surface area contributed by atoms with E-state index in [-0.39, 0.29) is 24.3 Å². The number of carbonyl (C=O) groups is 2. The van der Waals surface area contributed by atoms with Crippen molar-refractivity contribution in [1.82, 2.24) is 0 Å². The van der Waals surface area contributed by atoms with Crippen LogP contribution in [0.5, 0.6) is 11.5 Å². The summed E-state index contributed by atoms with van der Waals surface area (Å²) in [5, 5.41) is 5.41. The van der Waals surface area contributed by atoms with Crippen molar-refractivity contribution >= 4 is 23.2 Å². The fourth-order valence-electron chi connectivity index (χ4n) is 5.01. The van der Waals surface area contributed by atoms with E-state index in [4.69, 9.17) is 9.47 Å². The minimum atomic E-state index is -0.530. The molecular formula is C23H23FN2O4. The molecule has 0 saturated heterocycles. The average Bonchev–Trinajstić information content (AvgIpc) is 3.46. The Morgan fingerprint density at radius 2 is 1.87 bits per heavy atom. The van der Waals surface area contributed by atoms with Gasteiger partial charge in [0.05, 0.1) is 5.69 Å². The smallest absolute Gasteiger partial charge is 0.255 e. The average molecular weight is 410 g/mol. The molecule has 1 aliphatic heterocycles. The van der Waals surface area contributed by atoms with Crippen molar-refractivity contribution in [3.63, 3.8) is 0 Å². The SMILES string of the molecule is O=C(C[C@H]1C[C@H]2CC[C@H]1C2)Nc1cc(NC(=O)c2ccc3c(c2)OCO3)ccc1F. The second-order valence-electron chi connectivity index (χ2n) is 8.40. The highest BCUT2D eigenvalue weighted by Crippen LogP contribution is 2.49. The molecule has 5 rings (SSSR count). The molecule has 6 nitrogen and oxygen atoms in total. The van der Waals surface area contributed by atoms with Crippen LogP contribution in [0.2, 0.25) is 0 Å². The molecule has 2 saturated carbocycles. The molecule has 2 fully saturated rings. The van der Waals surface area contributed by atoms with Gasteiger partial charge in [0.1, 0.15) is 5.82 Å². The fourth-order valence-corrected chi connectivity index (χ4v) is 5.01. The van der Waals surface area contributed by atoms with Gasteiger partial charge in [0, 0.05) is 17.7 Å². The lowest BCUT2D eigenvalue weighted by molar-refractivity contribution is -0.117. The van der Waals surface area contributed by atoms with E-state index in [2.05, 4.69) is 10.6 Å². The summed E-state index contributed by atoms with van der Waals surface area (Å²) in [6, 6.07) is 9.04. The van der Waals surface area contributed by atoms with Crippen LogP contribution in [0.1, 0.15) is 42.5 Å². The Labute approximate surface area is 173 Å². The van der Waals surface area contributed by atoms with Crippen molar-refractivity contribution in [2.45, 2.75) is 32.1 Å². The molecule has 3 atom stereocenters. The molecule has 0 spiro atoms. The Bertz CT molecular complexity index is 1010. The van der Waals surface area contributed by atoms with Crippen LogP contribution < -0.4 is 20.1 Å². The van der Waals surface area contributed by atoms with E-state index in [9.17, 15) is 14.0 Å². The molecule has 2 bridgehead atoms. The number of ether oxygens (including phenoxy) is 2. The first kappa shape index (κ1) is 18.9. The van der Waals surface area contributed by atoms with Gasteiger partial charge in [0.15, 0.2) is 11.5 Å². The van der Waals surface area contributed by atoms with Crippen molar-refractivity contribution in [2.75, 3.05) is 17.4 Å². The maximum atomic E-state index is 14.2. The number of fused-ring (bicyclic) bond motifs is 3. The molecule has 0 radical (unpaired) electrons. The lowest BCUT2D eigenvalue weighted by Gasteiger charge is -2.21. The normalized spacial score (nSPS) is 23.4. The Hall–Kier alpha value is -3.09. The Morgan fingerprint density at radius 1 is 1.00 bits per heavy atom. The van der Waals surface area contributed by atoms with Gasteiger partial charge in [0.25, 0.3) is 5.91 Å². The second kappa shape index (κ2) is 7.63. The maximum Gasteiger partial charge on any atom is 0.255 e. The number of halogens is 1. The van der Waals surface area contributed by atoms with Crippen LogP contribution in [-0.4, -0.2) is 18.6 Å². The quantitative estimate of drug-likeness (QED) is 0.757. The van der Waals surface area contributed by atoms with Gasteiger partial charge in [-0.2, -0.15) is 0 Å². The molecule has 30 heavy (non-hydrogen) atoms. The first-order valence-electron chi connectivity index (χ1n) is 10.4. The van der Waals surface area contributed by atoms with Crippen molar-refractivity contribution in [1.29, 1.82) is 0 Å². The van der Waals surface area contributed by atoms with Crippen LogP contribution in [0.3, 0.4) is 0 Å². The van der Waals surface area contributed by atoms with Crippen LogP contribution in [0.25, 0.3) is 0 Å². The van der Waals surface area contributed by atoms with E-state index < -0.39 is 5.82 Å². The predicted molar refractivity (Wildman–Crippen MR) is 109 cm³/mol. The van der Waals surface area contributed by atoms with Gasteiger partial charge in [-0.3, -0.25) is 9.59 Å². The topological polar surface area (TPSA) is 76.7 Å². The summed E-state index contributed by atoms with van der Waals surface area (Å²) in [5.41, 5.74) is 0.867. The largest absolute Gasteiger partial charge is 0.454 e. The Morgan fingerprint density at radius 3 is 2.67 bits per heavy atom. The first-order valence-corrected chi connectivity index (χ1v) is 10.4. The van der Waals surface area contributed by atoms with Crippen LogP contribution in [0.4, 0.5) is 15.8 Å². The van der Waals surface area contributed by atoms with Crippen molar-refractivity contribution in [3.05, 3.63) is 47.8 Å². The molecule has 2 aromatic carbocycles. The van der Waals surface area contributed by atoms with Gasteiger partial charge >= 0.3 is 0 Å². The van der Waals surface area contributed by atoms with E-state index in [1.54, 1.807) is 18.2 Å². The van der Waals surface area contributed by atoms with Gasteiger partial charge in [0.2, 0.25) is 12.7 Å². The second-order valence-corrected chi connectivity index (χ2v) is 8.40. The summed E-state index contributed by atoms with van der Waals surface area (Å²) in [7, 11) is 0. The number of rotatable bonds is 5. The monoisotopic (exact) mass is 410 g/mol. The summed E-state index contributed by atoms with van der Waals surface area (Å²) in [6.45, 7) is 0.129. The van der Waals surface area contributed by atoms with Gasteiger partial charge in [-0.25, -0.2) is 4.39 Å². The minimum Gasteiger partial charge on any atom is -0.454 e. The van der Waals surface area contributed by atoms with Gasteiger partial charge in [-0.15, -0.1) is 0 Å². The molecule has 2 amide bonds. The summed E-state index contributed by atoms with van der Waals surface area (Å²) in [4.78, 5) is 25.0. The molecule has 2 aliphatic carbocycles. The number of amides is 2. The van der Waals surface area contributed by atoms with Crippen LogP contribution >= 0.6 is 0 Å².